The topological polar surface area (TPSA) is 19.6 Å². The molecule has 0 radical (unpaired) electrons. The standard InChI is InChI=1S/C59H39BN2OS/c1-58(2,3)34-27-29-35(30-28-34)62-49-31-41-38-17-7-13-26-52(38)64-53(41)33-40(49)42-32-51-54(39-18-6-12-25-50(39)63-51)57-55(42)60(62)47-23-14-22-46-56(47)61(57)48-24-11-10-21-45(48)59(46)43-19-8-4-15-36(43)37-16-5-9-20-44(37)59/h4-33H,1-3H3. The fourth-order valence-electron chi connectivity index (χ4n) is 12.4. The van der Waals surface area contributed by atoms with E-state index in [1.807, 2.05) is 11.3 Å². The van der Waals surface area contributed by atoms with E-state index in [1.165, 1.54) is 110 Å². The first-order valence-corrected chi connectivity index (χ1v) is 23.3. The molecule has 15 rings (SSSR count). The Bertz CT molecular complexity index is 3820. The predicted octanol–water partition coefficient (Wildman–Crippen LogP) is 14.6. The molecule has 0 fully saturated rings. The number of nitrogens with zero attached hydrogens (tertiary/aromatic N) is 2. The monoisotopic (exact) mass is 834 g/mol. The molecule has 1 aliphatic carbocycles. The van der Waals surface area contributed by atoms with E-state index in [9.17, 15) is 0 Å². The molecule has 64 heavy (non-hydrogen) atoms. The Morgan fingerprint density at radius 3 is 1.95 bits per heavy atom. The highest BCUT2D eigenvalue weighted by Crippen LogP contribution is 2.65. The Balaban J connectivity index is 1.14. The third kappa shape index (κ3) is 4.20. The van der Waals surface area contributed by atoms with Crippen LogP contribution in [0, 0.1) is 0 Å². The van der Waals surface area contributed by atoms with Gasteiger partial charge in [0.15, 0.2) is 0 Å². The second-order valence-corrected chi connectivity index (χ2v) is 20.2. The van der Waals surface area contributed by atoms with Gasteiger partial charge in [-0.15, -0.1) is 11.3 Å². The maximum atomic E-state index is 6.99. The average Bonchev–Trinajstić information content (AvgIpc) is 3.98. The molecule has 300 valence electrons. The van der Waals surface area contributed by atoms with Crippen LogP contribution in [0.15, 0.2) is 186 Å². The van der Waals surface area contributed by atoms with Gasteiger partial charge in [-0.25, -0.2) is 0 Å². The Morgan fingerprint density at radius 1 is 0.500 bits per heavy atom. The van der Waals surface area contributed by atoms with Crippen LogP contribution in [0.2, 0.25) is 0 Å². The van der Waals surface area contributed by atoms with E-state index < -0.39 is 5.41 Å². The molecule has 0 atom stereocenters. The lowest BCUT2D eigenvalue weighted by Crippen LogP contribution is -2.62. The normalized spacial score (nSPS) is 14.8. The van der Waals surface area contributed by atoms with Gasteiger partial charge < -0.3 is 14.1 Å². The van der Waals surface area contributed by atoms with Gasteiger partial charge in [0, 0.05) is 48.2 Å². The highest BCUT2D eigenvalue weighted by atomic mass is 32.1. The van der Waals surface area contributed by atoms with Gasteiger partial charge >= 0.3 is 6.85 Å². The molecule has 9 aromatic carbocycles. The quantitative estimate of drug-likeness (QED) is 0.154. The first-order valence-electron chi connectivity index (χ1n) is 22.5. The lowest BCUT2D eigenvalue weighted by Gasteiger charge is -2.51. The second-order valence-electron chi connectivity index (χ2n) is 19.1. The molecule has 3 aliphatic heterocycles. The van der Waals surface area contributed by atoms with E-state index in [2.05, 4.69) is 212 Å². The summed E-state index contributed by atoms with van der Waals surface area (Å²) in [6.45, 7) is 6.76. The molecule has 0 unspecified atom stereocenters. The SMILES string of the molecule is CC(C)(C)c1ccc(N2B3c4cccc5c4N(c4ccccc4C54c5ccccc5-c5ccccc54)c4c3c(cc3oc5ccccc5c43)-c3cc4sc5ccccc5c4cc32)cc1. The molecular formula is C59H39BN2OS. The molecule has 1 spiro atoms. The largest absolute Gasteiger partial charge is 0.456 e. The van der Waals surface area contributed by atoms with Crippen LogP contribution < -0.4 is 20.6 Å². The van der Waals surface area contributed by atoms with Gasteiger partial charge in [-0.3, -0.25) is 0 Å². The molecule has 4 aliphatic rings. The molecule has 5 heteroatoms. The van der Waals surface area contributed by atoms with Gasteiger partial charge in [0.05, 0.1) is 22.2 Å². The maximum absolute atomic E-state index is 6.99. The summed E-state index contributed by atoms with van der Waals surface area (Å²) in [6.07, 6.45) is 0. The van der Waals surface area contributed by atoms with Crippen molar-refractivity contribution in [1.29, 1.82) is 0 Å². The number of anilines is 5. The molecule has 0 saturated heterocycles. The summed E-state index contributed by atoms with van der Waals surface area (Å²) < 4.78 is 9.59. The molecule has 5 heterocycles. The minimum Gasteiger partial charge on any atom is -0.456 e. The van der Waals surface area contributed by atoms with Crippen molar-refractivity contribution in [3.8, 4) is 22.3 Å². The van der Waals surface area contributed by atoms with E-state index in [1.54, 1.807) is 0 Å². The first-order chi connectivity index (χ1) is 31.4. The third-order valence-electron chi connectivity index (χ3n) is 15.0. The summed E-state index contributed by atoms with van der Waals surface area (Å²) in [5, 5.41) is 4.89. The molecule has 0 amide bonds. The Labute approximate surface area is 375 Å². The number of thiophene rings is 1. The van der Waals surface area contributed by atoms with E-state index in [0.29, 0.717) is 0 Å². The number of fused-ring (bicyclic) bond motifs is 20. The average molecular weight is 835 g/mol. The second kappa shape index (κ2) is 12.0. The van der Waals surface area contributed by atoms with E-state index >= 15 is 0 Å². The van der Waals surface area contributed by atoms with Crippen molar-refractivity contribution in [2.24, 2.45) is 0 Å². The van der Waals surface area contributed by atoms with Crippen LogP contribution in [0.5, 0.6) is 0 Å². The number of hydrogen-bond donors (Lipinski definition) is 0. The minimum absolute atomic E-state index is 0.0211. The predicted molar refractivity (Wildman–Crippen MR) is 270 cm³/mol. The van der Waals surface area contributed by atoms with Crippen LogP contribution in [0.4, 0.5) is 28.4 Å². The smallest absolute Gasteiger partial charge is 0.333 e. The van der Waals surface area contributed by atoms with Crippen LogP contribution in [0.1, 0.15) is 48.6 Å². The summed E-state index contributed by atoms with van der Waals surface area (Å²) in [5.74, 6) is 0. The fraction of sp³-hybridized carbons (Fsp3) is 0.0847. The Morgan fingerprint density at radius 2 is 1.17 bits per heavy atom. The van der Waals surface area contributed by atoms with Gasteiger partial charge in [-0.05, 0) is 109 Å². The highest BCUT2D eigenvalue weighted by Gasteiger charge is 2.56. The molecule has 0 N–H and O–H groups in total. The van der Waals surface area contributed by atoms with Crippen molar-refractivity contribution in [3.05, 3.63) is 210 Å². The van der Waals surface area contributed by atoms with E-state index in [-0.39, 0.29) is 12.3 Å². The lowest BCUT2D eigenvalue weighted by atomic mass is 9.42. The Kier molecular flexibility index (Phi) is 6.60. The van der Waals surface area contributed by atoms with Gasteiger partial charge in [0.1, 0.15) is 11.2 Å². The first kappa shape index (κ1) is 35.2. The van der Waals surface area contributed by atoms with Crippen LogP contribution in [0.3, 0.4) is 0 Å². The van der Waals surface area contributed by atoms with Gasteiger partial charge in [0.25, 0.3) is 0 Å². The maximum Gasteiger partial charge on any atom is 0.333 e. The van der Waals surface area contributed by atoms with E-state index in [4.69, 9.17) is 4.42 Å². The molecule has 0 saturated carbocycles. The minimum atomic E-state index is -0.536. The zero-order valence-corrected chi connectivity index (χ0v) is 36.4. The summed E-state index contributed by atoms with van der Waals surface area (Å²) in [6, 6.07) is 69.0. The van der Waals surface area contributed by atoms with Crippen molar-refractivity contribution < 1.29 is 4.42 Å². The summed E-state index contributed by atoms with van der Waals surface area (Å²) >= 11 is 1.89. The molecule has 2 aromatic heterocycles. The molecule has 11 aromatic rings. The summed E-state index contributed by atoms with van der Waals surface area (Å²) in [4.78, 5) is 5.34. The van der Waals surface area contributed by atoms with Crippen molar-refractivity contribution >= 4 is 99.7 Å². The van der Waals surface area contributed by atoms with Crippen LogP contribution in [-0.4, -0.2) is 6.85 Å². The summed E-state index contributed by atoms with van der Waals surface area (Å²) in [5.41, 5.74) is 21.7. The summed E-state index contributed by atoms with van der Waals surface area (Å²) in [7, 11) is 0. The van der Waals surface area contributed by atoms with Gasteiger partial charge in [-0.2, -0.15) is 0 Å². The number of benzene rings is 9. The molecule has 3 nitrogen and oxygen atoms in total. The van der Waals surface area contributed by atoms with Crippen molar-refractivity contribution in [2.45, 2.75) is 31.6 Å². The number of rotatable bonds is 1. The van der Waals surface area contributed by atoms with Crippen LogP contribution >= 0.6 is 11.3 Å². The zero-order valence-electron chi connectivity index (χ0n) is 35.6. The number of hydrogen-bond acceptors (Lipinski definition) is 4. The number of furan rings is 1. The van der Waals surface area contributed by atoms with Gasteiger partial charge in [0.2, 0.25) is 0 Å². The van der Waals surface area contributed by atoms with Crippen LogP contribution in [0.25, 0.3) is 64.4 Å². The fourth-order valence-corrected chi connectivity index (χ4v) is 13.5. The Hall–Kier alpha value is -7.34. The van der Waals surface area contributed by atoms with E-state index in [0.717, 1.165) is 21.9 Å². The van der Waals surface area contributed by atoms with Crippen molar-refractivity contribution in [3.63, 3.8) is 0 Å². The molecule has 0 bridgehead atoms. The zero-order chi connectivity index (χ0) is 42.2. The third-order valence-corrected chi connectivity index (χ3v) is 16.1. The number of para-hydroxylation sites is 3. The highest BCUT2D eigenvalue weighted by molar-refractivity contribution is 7.25. The van der Waals surface area contributed by atoms with Gasteiger partial charge in [-0.1, -0.05) is 154 Å². The van der Waals surface area contributed by atoms with Crippen LogP contribution in [-0.2, 0) is 10.8 Å². The van der Waals surface area contributed by atoms with Crippen molar-refractivity contribution in [1.82, 2.24) is 0 Å². The molecular weight excluding hydrogens is 796 g/mol. The lowest BCUT2D eigenvalue weighted by molar-refractivity contribution is 0.590. The van der Waals surface area contributed by atoms with Crippen molar-refractivity contribution in [2.75, 3.05) is 9.71 Å².